The average molecular weight is 684 g/mol. The van der Waals surface area contributed by atoms with E-state index in [1.807, 2.05) is 0 Å². The van der Waals surface area contributed by atoms with E-state index in [1.54, 1.807) is 0 Å². The number of rotatable bonds is 16. The number of fused-ring (bicyclic) bond motifs is 3. The highest BCUT2D eigenvalue weighted by atomic mass is 16.7. The van der Waals surface area contributed by atoms with Crippen LogP contribution in [-0.4, -0.2) is 18.3 Å². The van der Waals surface area contributed by atoms with E-state index in [0.29, 0.717) is 11.8 Å². The Morgan fingerprint density at radius 3 is 1.51 bits per heavy atom. The van der Waals surface area contributed by atoms with Gasteiger partial charge in [-0.1, -0.05) is 140 Å². The zero-order valence-electron chi connectivity index (χ0n) is 32.8. The number of benzene rings is 4. The van der Waals surface area contributed by atoms with Crippen molar-refractivity contribution in [3.63, 3.8) is 0 Å². The molecule has 270 valence electrons. The maximum absolute atomic E-state index is 6.69. The van der Waals surface area contributed by atoms with Crippen LogP contribution in [0, 0.1) is 11.8 Å². The van der Waals surface area contributed by atoms with Crippen LogP contribution in [0.2, 0.25) is 0 Å². The first-order chi connectivity index (χ1) is 24.6. The smallest absolute Gasteiger partial charge is 0.399 e. The highest BCUT2D eigenvalue weighted by molar-refractivity contribution is 6.62. The van der Waals surface area contributed by atoms with E-state index < -0.39 is 0 Å². The van der Waals surface area contributed by atoms with Gasteiger partial charge in [-0.05, 0) is 116 Å². The third-order valence-electron chi connectivity index (χ3n) is 12.5. The summed E-state index contributed by atoms with van der Waals surface area (Å²) in [7, 11) is -0.381. The zero-order valence-corrected chi connectivity index (χ0v) is 32.8. The van der Waals surface area contributed by atoms with Crippen molar-refractivity contribution in [1.29, 1.82) is 0 Å². The van der Waals surface area contributed by atoms with Gasteiger partial charge in [-0.2, -0.15) is 0 Å². The van der Waals surface area contributed by atoms with Crippen molar-refractivity contribution >= 4 is 29.6 Å². The van der Waals surface area contributed by atoms with Crippen LogP contribution >= 0.6 is 0 Å². The van der Waals surface area contributed by atoms with Crippen LogP contribution in [0.1, 0.15) is 131 Å². The van der Waals surface area contributed by atoms with Crippen LogP contribution in [0.15, 0.2) is 97.1 Å². The monoisotopic (exact) mass is 683 g/mol. The first-order valence-corrected chi connectivity index (χ1v) is 20.1. The second-order valence-corrected chi connectivity index (χ2v) is 16.5. The third kappa shape index (κ3) is 7.47. The van der Waals surface area contributed by atoms with Crippen LogP contribution < -0.4 is 10.4 Å². The predicted molar refractivity (Wildman–Crippen MR) is 219 cm³/mol. The summed E-state index contributed by atoms with van der Waals surface area (Å²) < 4.78 is 13.4. The van der Waals surface area contributed by atoms with Crippen molar-refractivity contribution in [2.24, 2.45) is 11.8 Å². The maximum Gasteiger partial charge on any atom is 0.494 e. The van der Waals surface area contributed by atoms with Crippen molar-refractivity contribution in [1.82, 2.24) is 0 Å². The summed E-state index contributed by atoms with van der Waals surface area (Å²) in [6, 6.07) is 36.3. The molecule has 0 aromatic heterocycles. The molecule has 4 aromatic rings. The summed E-state index contributed by atoms with van der Waals surface area (Å²) in [4.78, 5) is 2.44. The second kappa shape index (κ2) is 15.7. The third-order valence-corrected chi connectivity index (χ3v) is 12.5. The highest BCUT2D eigenvalue weighted by Gasteiger charge is 2.53. The Kier molecular flexibility index (Phi) is 11.5. The molecule has 2 unspecified atom stereocenters. The Bertz CT molecular complexity index is 1660. The number of anilines is 3. The summed E-state index contributed by atoms with van der Waals surface area (Å²) >= 11 is 0. The van der Waals surface area contributed by atoms with E-state index in [1.165, 1.54) is 104 Å². The van der Waals surface area contributed by atoms with Crippen molar-refractivity contribution < 1.29 is 9.31 Å². The molecule has 0 saturated carbocycles. The number of hydrogen-bond acceptors (Lipinski definition) is 3. The molecule has 4 heteroatoms. The lowest BCUT2D eigenvalue weighted by atomic mass is 9.64. The van der Waals surface area contributed by atoms with Crippen molar-refractivity contribution in [2.45, 2.75) is 136 Å². The molecule has 0 amide bonds. The van der Waals surface area contributed by atoms with Gasteiger partial charge in [0.15, 0.2) is 0 Å². The molecule has 3 nitrogen and oxygen atoms in total. The molecule has 0 spiro atoms. The minimum absolute atomic E-state index is 0.109. The van der Waals surface area contributed by atoms with Crippen molar-refractivity contribution in [3.8, 4) is 11.1 Å². The van der Waals surface area contributed by atoms with E-state index in [9.17, 15) is 0 Å². The van der Waals surface area contributed by atoms with E-state index in [-0.39, 0.29) is 23.7 Å². The van der Waals surface area contributed by atoms with Gasteiger partial charge in [-0.15, -0.1) is 0 Å². The topological polar surface area (TPSA) is 21.7 Å². The SMILES string of the molecule is CCCCC(CC)CC1(CC(CC)CCCC)c2cc(B3OC(C)(C)C(C)(C)O3)ccc2-c2ccc(N(c3ccccc3)c3ccccc3)cc21. The Labute approximate surface area is 310 Å². The molecule has 2 atom stereocenters. The molecule has 4 aromatic carbocycles. The molecule has 1 fully saturated rings. The second-order valence-electron chi connectivity index (χ2n) is 16.5. The zero-order chi connectivity index (χ0) is 36.2. The number of hydrogen-bond donors (Lipinski definition) is 0. The largest absolute Gasteiger partial charge is 0.494 e. The van der Waals surface area contributed by atoms with Gasteiger partial charge >= 0.3 is 7.12 Å². The van der Waals surface area contributed by atoms with E-state index in [2.05, 4.69) is 157 Å². The lowest BCUT2D eigenvalue weighted by Crippen LogP contribution is -2.41. The van der Waals surface area contributed by atoms with Gasteiger partial charge in [0.1, 0.15) is 0 Å². The van der Waals surface area contributed by atoms with Crippen molar-refractivity contribution in [3.05, 3.63) is 108 Å². The van der Waals surface area contributed by atoms with Gasteiger partial charge in [0.05, 0.1) is 11.2 Å². The molecular weight excluding hydrogens is 621 g/mol. The molecule has 1 heterocycles. The van der Waals surface area contributed by atoms with Crippen LogP contribution in [0.25, 0.3) is 11.1 Å². The Hall–Kier alpha value is -3.34. The molecule has 0 radical (unpaired) electrons. The lowest BCUT2D eigenvalue weighted by molar-refractivity contribution is 0.00578. The number of para-hydroxylation sites is 2. The van der Waals surface area contributed by atoms with E-state index >= 15 is 0 Å². The maximum atomic E-state index is 6.69. The number of nitrogens with zero attached hydrogens (tertiary/aromatic N) is 1. The molecule has 51 heavy (non-hydrogen) atoms. The van der Waals surface area contributed by atoms with Gasteiger partial charge in [0.2, 0.25) is 0 Å². The summed E-state index contributed by atoms with van der Waals surface area (Å²) in [5.74, 6) is 1.30. The summed E-state index contributed by atoms with van der Waals surface area (Å²) in [6.07, 6.45) is 12.3. The Morgan fingerprint density at radius 1 is 0.569 bits per heavy atom. The predicted octanol–water partition coefficient (Wildman–Crippen LogP) is 12.9. The Balaban J connectivity index is 1.57. The Morgan fingerprint density at radius 2 is 1.04 bits per heavy atom. The molecular formula is C47H62BNO2. The van der Waals surface area contributed by atoms with Crippen LogP contribution in [0.4, 0.5) is 17.1 Å². The first-order valence-electron chi connectivity index (χ1n) is 20.1. The van der Waals surface area contributed by atoms with E-state index in [4.69, 9.17) is 9.31 Å². The van der Waals surface area contributed by atoms with Crippen LogP contribution in [-0.2, 0) is 14.7 Å². The fourth-order valence-corrected chi connectivity index (χ4v) is 8.76. The van der Waals surface area contributed by atoms with Crippen LogP contribution in [0.3, 0.4) is 0 Å². The van der Waals surface area contributed by atoms with Gasteiger partial charge < -0.3 is 14.2 Å². The molecule has 1 aliphatic carbocycles. The number of unbranched alkanes of at least 4 members (excludes halogenated alkanes) is 2. The normalized spacial score (nSPS) is 19.8. The van der Waals surface area contributed by atoms with Gasteiger partial charge in [-0.25, -0.2) is 0 Å². The molecule has 1 saturated heterocycles. The van der Waals surface area contributed by atoms with Gasteiger partial charge in [0.25, 0.3) is 0 Å². The quantitative estimate of drug-likeness (QED) is 0.110. The molecule has 0 bridgehead atoms. The van der Waals surface area contributed by atoms with Gasteiger partial charge in [0, 0.05) is 22.5 Å². The molecule has 6 rings (SSSR count). The molecule has 2 aliphatic rings. The summed E-state index contributed by atoms with van der Waals surface area (Å²) in [5, 5.41) is 0. The summed E-state index contributed by atoms with van der Waals surface area (Å²) in [6.45, 7) is 18.2. The fraction of sp³-hybridized carbons (Fsp3) is 0.489. The summed E-state index contributed by atoms with van der Waals surface area (Å²) in [5.41, 5.74) is 9.61. The standard InChI is InChI=1S/C47H62BNO2/c1-9-13-21-35(11-3)33-47(34-36(12-4)22-14-10-2)43-31-37(48-50-45(5,6)46(7,8)51-48)27-29-41(43)42-30-28-40(32-44(42)47)49(38-23-17-15-18-24-38)39-25-19-16-20-26-39/h15-20,23-32,35-36H,9-14,21-22,33-34H2,1-8H3. The minimum atomic E-state index is -0.384. The molecule has 0 N–H and O–H groups in total. The first kappa shape index (κ1) is 37.4. The van der Waals surface area contributed by atoms with E-state index in [0.717, 1.165) is 5.46 Å². The average Bonchev–Trinajstić information content (AvgIpc) is 3.53. The molecule has 1 aliphatic heterocycles. The fourth-order valence-electron chi connectivity index (χ4n) is 8.76. The highest BCUT2D eigenvalue weighted by Crippen LogP contribution is 2.57. The lowest BCUT2D eigenvalue weighted by Gasteiger charge is -2.39. The van der Waals surface area contributed by atoms with Crippen molar-refractivity contribution in [2.75, 3.05) is 4.90 Å². The van der Waals surface area contributed by atoms with Gasteiger partial charge in [-0.3, -0.25) is 0 Å². The minimum Gasteiger partial charge on any atom is -0.399 e. The van der Waals surface area contributed by atoms with Crippen LogP contribution in [0.5, 0.6) is 0 Å².